The molecule has 0 amide bonds. The Kier molecular flexibility index (Phi) is 2.90. The van der Waals surface area contributed by atoms with Crippen molar-refractivity contribution in [2.75, 3.05) is 0 Å². The van der Waals surface area contributed by atoms with E-state index in [0.29, 0.717) is 0 Å². The standard InChI is InChI=1S/C44H28O/c1-2-11-29(12-3-1)30-21-23-31(24-22-30)43-36-16-4-6-18-38(36)44(39-19-7-5-17-37(39)43)34-14-10-13-32(27-34)33-25-26-42-40(28-33)35-15-8-9-20-41(35)45-42/h1-28H/i1D,2D,3D,8D,9D,10D,11D,12D,13D,14D,15D,20D,21D,22D,23D,24D,25D,26D,27D,28D. The van der Waals surface area contributed by atoms with Crippen LogP contribution in [0.2, 0.25) is 0 Å². The summed E-state index contributed by atoms with van der Waals surface area (Å²) in [6.07, 6.45) is 0. The smallest absolute Gasteiger partial charge is 0.135 e. The molecule has 0 N–H and O–H groups in total. The number of fused-ring (bicyclic) bond motifs is 5. The summed E-state index contributed by atoms with van der Waals surface area (Å²) in [6, 6.07) is -0.217. The maximum absolute atomic E-state index is 9.74. The molecule has 1 nitrogen and oxygen atoms in total. The first-order chi connectivity index (χ1) is 30.7. The summed E-state index contributed by atoms with van der Waals surface area (Å²) in [5, 5.41) is 0.608. The first-order valence-corrected chi connectivity index (χ1v) is 13.8. The van der Waals surface area contributed by atoms with E-state index in [1.807, 2.05) is 0 Å². The highest BCUT2D eigenvalue weighted by Crippen LogP contribution is 2.44. The molecule has 0 aliphatic carbocycles. The van der Waals surface area contributed by atoms with Gasteiger partial charge in [-0.3, -0.25) is 0 Å². The van der Waals surface area contributed by atoms with Crippen LogP contribution in [0.3, 0.4) is 0 Å². The van der Waals surface area contributed by atoms with E-state index < -0.39 is 149 Å². The van der Waals surface area contributed by atoms with Gasteiger partial charge in [0.15, 0.2) is 0 Å². The van der Waals surface area contributed by atoms with E-state index in [1.165, 1.54) is 0 Å². The van der Waals surface area contributed by atoms with Crippen molar-refractivity contribution in [3.63, 3.8) is 0 Å². The van der Waals surface area contributed by atoms with Gasteiger partial charge in [0.2, 0.25) is 0 Å². The Bertz CT molecular complexity index is 3550. The Morgan fingerprint density at radius 3 is 1.53 bits per heavy atom. The van der Waals surface area contributed by atoms with Gasteiger partial charge in [-0.1, -0.05) is 145 Å². The highest BCUT2D eigenvalue weighted by molar-refractivity contribution is 6.21. The quantitative estimate of drug-likeness (QED) is 0.185. The summed E-state index contributed by atoms with van der Waals surface area (Å²) in [6.45, 7) is 0. The number of hydrogen-bond acceptors (Lipinski definition) is 1. The molecule has 0 saturated carbocycles. The molecule has 210 valence electrons. The molecule has 1 aromatic heterocycles. The average Bonchev–Trinajstić information content (AvgIpc) is 3.71. The summed E-state index contributed by atoms with van der Waals surface area (Å²) in [5.74, 6) is 0. The summed E-state index contributed by atoms with van der Waals surface area (Å²) < 4.78 is 182. The topological polar surface area (TPSA) is 13.1 Å². The van der Waals surface area contributed by atoms with Crippen LogP contribution in [0.5, 0.6) is 0 Å². The molecule has 9 aromatic rings. The molecule has 0 fully saturated rings. The largest absolute Gasteiger partial charge is 0.456 e. The van der Waals surface area contributed by atoms with Gasteiger partial charge < -0.3 is 4.42 Å². The van der Waals surface area contributed by atoms with Gasteiger partial charge in [0.25, 0.3) is 0 Å². The summed E-state index contributed by atoms with van der Waals surface area (Å²) >= 11 is 0. The van der Waals surface area contributed by atoms with E-state index >= 15 is 0 Å². The number of rotatable bonds is 4. The maximum atomic E-state index is 9.74. The van der Waals surface area contributed by atoms with Crippen LogP contribution in [0.25, 0.3) is 88.0 Å². The van der Waals surface area contributed by atoms with Gasteiger partial charge >= 0.3 is 0 Å². The van der Waals surface area contributed by atoms with Gasteiger partial charge in [-0.25, -0.2) is 0 Å². The van der Waals surface area contributed by atoms with E-state index in [4.69, 9.17) is 25.0 Å². The molecule has 1 heterocycles. The Hall–Kier alpha value is -5.92. The van der Waals surface area contributed by atoms with Crippen LogP contribution in [-0.2, 0) is 0 Å². The molecular formula is C44H28O. The van der Waals surface area contributed by atoms with Crippen LogP contribution in [-0.4, -0.2) is 0 Å². The van der Waals surface area contributed by atoms with E-state index in [2.05, 4.69) is 0 Å². The Morgan fingerprint density at radius 2 is 0.822 bits per heavy atom. The van der Waals surface area contributed by atoms with Crippen molar-refractivity contribution in [1.82, 2.24) is 0 Å². The van der Waals surface area contributed by atoms with Crippen molar-refractivity contribution < 1.29 is 31.8 Å². The van der Waals surface area contributed by atoms with Gasteiger partial charge in [-0.05, 0) is 90.2 Å². The van der Waals surface area contributed by atoms with Crippen molar-refractivity contribution in [2.24, 2.45) is 0 Å². The van der Waals surface area contributed by atoms with Crippen molar-refractivity contribution in [3.05, 3.63) is 169 Å². The zero-order chi connectivity index (χ0) is 47.1. The fourth-order valence-electron chi connectivity index (χ4n) is 5.63. The third kappa shape index (κ3) is 4.24. The first kappa shape index (κ1) is 12.6. The second-order valence-corrected chi connectivity index (χ2v) is 10.1. The second-order valence-electron chi connectivity index (χ2n) is 10.1. The Morgan fingerprint density at radius 1 is 0.333 bits per heavy atom. The van der Waals surface area contributed by atoms with Crippen LogP contribution in [0, 0.1) is 0 Å². The lowest BCUT2D eigenvalue weighted by Crippen LogP contribution is -1.91. The minimum Gasteiger partial charge on any atom is -0.456 e. The Balaban J connectivity index is 1.39. The monoisotopic (exact) mass is 592 g/mol. The molecule has 0 aliphatic rings. The Labute approximate surface area is 289 Å². The van der Waals surface area contributed by atoms with Gasteiger partial charge in [-0.15, -0.1) is 0 Å². The number of hydrogen-bond donors (Lipinski definition) is 0. The van der Waals surface area contributed by atoms with Crippen LogP contribution in [0.15, 0.2) is 174 Å². The van der Waals surface area contributed by atoms with Crippen LogP contribution in [0.4, 0.5) is 0 Å². The lowest BCUT2D eigenvalue weighted by atomic mass is 9.85. The fourth-order valence-corrected chi connectivity index (χ4v) is 5.63. The average molecular weight is 593 g/mol. The molecule has 0 unspecified atom stereocenters. The molecule has 0 bridgehead atoms. The molecule has 8 aromatic carbocycles. The lowest BCUT2D eigenvalue weighted by molar-refractivity contribution is 0.669. The minimum absolute atomic E-state index is 0.156. The third-order valence-corrected chi connectivity index (χ3v) is 7.57. The number of furan rings is 1. The second kappa shape index (κ2) is 10.4. The van der Waals surface area contributed by atoms with Crippen molar-refractivity contribution in [2.45, 2.75) is 0 Å². The van der Waals surface area contributed by atoms with Crippen LogP contribution < -0.4 is 0 Å². The SMILES string of the molecule is [2H]c1c([2H])c([2H])c(-c2c([2H])c([2H])c(-c3c4ccccc4c(-c4c([2H])c([2H])c([2H])c(-c5c([2H])c([2H])c6oc7c([2H])c([2H])c([2H])c([2H])c7c6c5[2H])c4[2H])c4ccccc34)c([2H])c2[2H])c([2H])c1[2H]. The zero-order valence-corrected chi connectivity index (χ0v) is 23.0. The molecular weight excluding hydrogens is 544 g/mol. The van der Waals surface area contributed by atoms with Crippen molar-refractivity contribution >= 4 is 43.5 Å². The number of benzene rings is 8. The predicted molar refractivity (Wildman–Crippen MR) is 190 cm³/mol. The van der Waals surface area contributed by atoms with Gasteiger partial charge in [-0.2, -0.15) is 0 Å². The van der Waals surface area contributed by atoms with E-state index in [1.54, 1.807) is 48.5 Å². The lowest BCUT2D eigenvalue weighted by Gasteiger charge is -2.18. The maximum Gasteiger partial charge on any atom is 0.135 e. The normalized spacial score (nSPS) is 17.8. The fraction of sp³-hybridized carbons (Fsp3) is 0. The summed E-state index contributed by atoms with van der Waals surface area (Å²) in [4.78, 5) is 0. The highest BCUT2D eigenvalue weighted by atomic mass is 16.3. The summed E-state index contributed by atoms with van der Waals surface area (Å²) in [7, 11) is 0. The van der Waals surface area contributed by atoms with Gasteiger partial charge in [0.05, 0.1) is 27.4 Å². The van der Waals surface area contributed by atoms with Crippen LogP contribution >= 0.6 is 0 Å². The van der Waals surface area contributed by atoms with Gasteiger partial charge in [0.1, 0.15) is 11.2 Å². The molecule has 0 radical (unpaired) electrons. The summed E-state index contributed by atoms with van der Waals surface area (Å²) in [5.41, 5.74) is -2.87. The molecule has 45 heavy (non-hydrogen) atoms. The van der Waals surface area contributed by atoms with E-state index in [0.717, 1.165) is 0 Å². The first-order valence-electron chi connectivity index (χ1n) is 23.8. The van der Waals surface area contributed by atoms with E-state index in [-0.39, 0.29) is 60.2 Å². The highest BCUT2D eigenvalue weighted by Gasteiger charge is 2.17. The molecule has 0 saturated heterocycles. The minimum atomic E-state index is -0.729. The van der Waals surface area contributed by atoms with Crippen molar-refractivity contribution in [3.8, 4) is 44.5 Å². The molecule has 1 heteroatoms. The zero-order valence-electron chi connectivity index (χ0n) is 43.0. The molecule has 0 atom stereocenters. The third-order valence-electron chi connectivity index (χ3n) is 7.57. The molecule has 0 aliphatic heterocycles. The number of para-hydroxylation sites is 1. The van der Waals surface area contributed by atoms with Gasteiger partial charge in [0, 0.05) is 10.8 Å². The molecule has 9 rings (SSSR count). The molecule has 0 spiro atoms. The predicted octanol–water partition coefficient (Wildman–Crippen LogP) is 12.6. The van der Waals surface area contributed by atoms with Crippen molar-refractivity contribution in [1.29, 1.82) is 0 Å². The van der Waals surface area contributed by atoms with Crippen LogP contribution in [0.1, 0.15) is 27.4 Å². The van der Waals surface area contributed by atoms with E-state index in [9.17, 15) is 6.85 Å².